The molecule has 0 heterocycles. The molecule has 0 bridgehead atoms. The van der Waals surface area contributed by atoms with Crippen molar-refractivity contribution >= 4 is 5.97 Å². The Morgan fingerprint density at radius 3 is 2.81 bits per heavy atom. The Hall–Kier alpha value is -0.570. The second-order valence-corrected chi connectivity index (χ2v) is 4.78. The smallest absolute Gasteiger partial charge is 0.307 e. The zero-order valence-electron chi connectivity index (χ0n) is 10.6. The molecule has 0 spiro atoms. The minimum absolute atomic E-state index is 0.0910. The summed E-state index contributed by atoms with van der Waals surface area (Å²) in [5.74, 6) is 1.55. The number of esters is 1. The maximum atomic E-state index is 11.1. The molecule has 0 saturated heterocycles. The lowest BCUT2D eigenvalue weighted by Crippen LogP contribution is -2.30. The van der Waals surface area contributed by atoms with Crippen LogP contribution in [0.25, 0.3) is 0 Å². The minimum atomic E-state index is -0.0910. The van der Waals surface area contributed by atoms with Crippen LogP contribution in [0.3, 0.4) is 0 Å². The van der Waals surface area contributed by atoms with E-state index in [0.717, 1.165) is 24.9 Å². The topological polar surface area (TPSA) is 38.3 Å². The Bertz CT molecular complexity index is 206. The Balaban J connectivity index is 2.03. The molecular weight excluding hydrogens is 202 g/mol. The van der Waals surface area contributed by atoms with Crippen LogP contribution < -0.4 is 5.32 Å². The Morgan fingerprint density at radius 2 is 2.12 bits per heavy atom. The largest absolute Gasteiger partial charge is 0.466 e. The van der Waals surface area contributed by atoms with Crippen molar-refractivity contribution < 1.29 is 9.53 Å². The number of carbonyl (C=O) groups is 1. The van der Waals surface area contributed by atoms with E-state index in [9.17, 15) is 4.79 Å². The van der Waals surface area contributed by atoms with Crippen molar-refractivity contribution in [2.45, 2.75) is 46.0 Å². The predicted molar refractivity (Wildman–Crippen MR) is 65.2 cm³/mol. The highest BCUT2D eigenvalue weighted by atomic mass is 16.5. The Kier molecular flexibility index (Phi) is 6.46. The normalized spacial score (nSPS) is 25.4. The fraction of sp³-hybridized carbons (Fsp3) is 0.923. The molecule has 16 heavy (non-hydrogen) atoms. The molecule has 2 atom stereocenters. The summed E-state index contributed by atoms with van der Waals surface area (Å²) in [7, 11) is 0. The quantitative estimate of drug-likeness (QED) is 0.559. The maximum Gasteiger partial charge on any atom is 0.307 e. The number of hydrogen-bond acceptors (Lipinski definition) is 3. The first-order chi connectivity index (χ1) is 7.74. The summed E-state index contributed by atoms with van der Waals surface area (Å²) in [4.78, 5) is 11.1. The number of nitrogens with one attached hydrogen (secondary N) is 1. The second kappa shape index (κ2) is 7.66. The maximum absolute atomic E-state index is 11.1. The van der Waals surface area contributed by atoms with Crippen LogP contribution in [0.2, 0.25) is 0 Å². The second-order valence-electron chi connectivity index (χ2n) is 4.78. The van der Waals surface area contributed by atoms with Gasteiger partial charge in [0.15, 0.2) is 0 Å². The summed E-state index contributed by atoms with van der Waals surface area (Å²) in [6.45, 7) is 6.48. The van der Waals surface area contributed by atoms with E-state index >= 15 is 0 Å². The van der Waals surface area contributed by atoms with E-state index in [4.69, 9.17) is 4.74 Å². The molecular formula is C13H25NO2. The van der Waals surface area contributed by atoms with Gasteiger partial charge in [0.1, 0.15) is 0 Å². The lowest BCUT2D eigenvalue weighted by molar-refractivity contribution is -0.142. The van der Waals surface area contributed by atoms with Crippen molar-refractivity contribution in [3.05, 3.63) is 0 Å². The van der Waals surface area contributed by atoms with Crippen molar-refractivity contribution in [3.8, 4) is 0 Å². The molecule has 1 aliphatic carbocycles. The van der Waals surface area contributed by atoms with Crippen LogP contribution in [-0.2, 0) is 9.53 Å². The van der Waals surface area contributed by atoms with Crippen LogP contribution in [0.5, 0.6) is 0 Å². The van der Waals surface area contributed by atoms with Gasteiger partial charge in [-0.3, -0.25) is 4.79 Å². The lowest BCUT2D eigenvalue weighted by atomic mass is 9.80. The summed E-state index contributed by atoms with van der Waals surface area (Å²) in [6.07, 6.45) is 5.96. The zero-order chi connectivity index (χ0) is 11.8. The molecule has 0 amide bonds. The van der Waals surface area contributed by atoms with Crippen molar-refractivity contribution in [2.24, 2.45) is 11.8 Å². The molecule has 3 nitrogen and oxygen atoms in total. The van der Waals surface area contributed by atoms with E-state index in [1.54, 1.807) is 0 Å². The summed E-state index contributed by atoms with van der Waals surface area (Å²) < 4.78 is 4.88. The molecule has 94 valence electrons. The van der Waals surface area contributed by atoms with E-state index in [1.807, 2.05) is 6.92 Å². The van der Waals surface area contributed by atoms with Gasteiger partial charge < -0.3 is 10.1 Å². The summed E-state index contributed by atoms with van der Waals surface area (Å²) in [6, 6.07) is 0. The fourth-order valence-corrected chi connectivity index (χ4v) is 2.41. The lowest BCUT2D eigenvalue weighted by Gasteiger charge is -2.28. The van der Waals surface area contributed by atoms with Crippen LogP contribution >= 0.6 is 0 Å². The average molecular weight is 227 g/mol. The molecule has 0 aliphatic heterocycles. The molecule has 2 unspecified atom stereocenters. The van der Waals surface area contributed by atoms with Gasteiger partial charge in [0.25, 0.3) is 0 Å². The van der Waals surface area contributed by atoms with Gasteiger partial charge in [-0.05, 0) is 31.7 Å². The first-order valence-electron chi connectivity index (χ1n) is 6.60. The van der Waals surface area contributed by atoms with Crippen LogP contribution in [0, 0.1) is 11.8 Å². The van der Waals surface area contributed by atoms with E-state index in [2.05, 4.69) is 12.2 Å². The summed E-state index contributed by atoms with van der Waals surface area (Å²) >= 11 is 0. The molecule has 3 heteroatoms. The van der Waals surface area contributed by atoms with Crippen molar-refractivity contribution in [1.29, 1.82) is 0 Å². The minimum Gasteiger partial charge on any atom is -0.466 e. The molecule has 1 rings (SSSR count). The molecule has 0 aromatic heterocycles. The molecule has 1 fully saturated rings. The van der Waals surface area contributed by atoms with E-state index in [-0.39, 0.29) is 5.97 Å². The van der Waals surface area contributed by atoms with Crippen LogP contribution in [-0.4, -0.2) is 25.7 Å². The molecule has 1 saturated carbocycles. The SMILES string of the molecule is CCOC(=O)CCNCC1CCCCC1C. The third kappa shape index (κ3) is 4.97. The summed E-state index contributed by atoms with van der Waals surface area (Å²) in [5.41, 5.74) is 0. The number of rotatable bonds is 6. The number of hydrogen-bond donors (Lipinski definition) is 1. The third-order valence-corrected chi connectivity index (χ3v) is 3.51. The van der Waals surface area contributed by atoms with E-state index in [1.165, 1.54) is 25.7 Å². The fourth-order valence-electron chi connectivity index (χ4n) is 2.41. The van der Waals surface area contributed by atoms with Gasteiger partial charge in [-0.1, -0.05) is 26.2 Å². The van der Waals surface area contributed by atoms with Crippen LogP contribution in [0.15, 0.2) is 0 Å². The van der Waals surface area contributed by atoms with Gasteiger partial charge in [-0.2, -0.15) is 0 Å². The first-order valence-corrected chi connectivity index (χ1v) is 6.60. The Morgan fingerprint density at radius 1 is 1.38 bits per heavy atom. The standard InChI is InChI=1S/C13H25NO2/c1-3-16-13(15)8-9-14-10-12-7-5-4-6-11(12)2/h11-12,14H,3-10H2,1-2H3. The number of ether oxygens (including phenoxy) is 1. The third-order valence-electron chi connectivity index (χ3n) is 3.51. The van der Waals surface area contributed by atoms with Gasteiger partial charge in [0, 0.05) is 6.54 Å². The highest BCUT2D eigenvalue weighted by Gasteiger charge is 2.20. The van der Waals surface area contributed by atoms with Crippen molar-refractivity contribution in [2.75, 3.05) is 19.7 Å². The summed E-state index contributed by atoms with van der Waals surface area (Å²) in [5, 5.41) is 3.37. The first kappa shape index (κ1) is 13.5. The van der Waals surface area contributed by atoms with Crippen molar-refractivity contribution in [1.82, 2.24) is 5.32 Å². The Labute approximate surface area is 98.9 Å². The highest BCUT2D eigenvalue weighted by Crippen LogP contribution is 2.28. The van der Waals surface area contributed by atoms with E-state index < -0.39 is 0 Å². The van der Waals surface area contributed by atoms with Crippen LogP contribution in [0.4, 0.5) is 0 Å². The van der Waals surface area contributed by atoms with Gasteiger partial charge in [-0.15, -0.1) is 0 Å². The number of carbonyl (C=O) groups excluding carboxylic acids is 1. The molecule has 0 radical (unpaired) electrons. The van der Waals surface area contributed by atoms with Crippen LogP contribution in [0.1, 0.15) is 46.0 Å². The molecule has 0 aromatic carbocycles. The van der Waals surface area contributed by atoms with Gasteiger partial charge in [0.05, 0.1) is 13.0 Å². The van der Waals surface area contributed by atoms with Gasteiger partial charge in [-0.25, -0.2) is 0 Å². The molecule has 1 aliphatic rings. The monoisotopic (exact) mass is 227 g/mol. The van der Waals surface area contributed by atoms with E-state index in [0.29, 0.717) is 13.0 Å². The average Bonchev–Trinajstić information content (AvgIpc) is 2.27. The van der Waals surface area contributed by atoms with Gasteiger partial charge >= 0.3 is 5.97 Å². The zero-order valence-corrected chi connectivity index (χ0v) is 10.6. The van der Waals surface area contributed by atoms with Gasteiger partial charge in [0.2, 0.25) is 0 Å². The van der Waals surface area contributed by atoms with Crippen molar-refractivity contribution in [3.63, 3.8) is 0 Å². The molecule has 1 N–H and O–H groups in total. The predicted octanol–water partition coefficient (Wildman–Crippen LogP) is 2.36. The molecule has 0 aromatic rings. The highest BCUT2D eigenvalue weighted by molar-refractivity contribution is 5.69.